The molecule has 3 heteroatoms. The number of benzene rings is 2. The number of hydrogen-bond acceptors (Lipinski definition) is 1. The first-order valence-corrected chi connectivity index (χ1v) is 7.02. The molecule has 0 heterocycles. The summed E-state index contributed by atoms with van der Waals surface area (Å²) in [6.45, 7) is 6.91. The van der Waals surface area contributed by atoms with Crippen LogP contribution in [0.2, 0.25) is 0 Å². The van der Waals surface area contributed by atoms with Crippen LogP contribution in [0.3, 0.4) is 0 Å². The number of anilines is 1. The minimum Gasteiger partial charge on any atom is -0.379 e. The summed E-state index contributed by atoms with van der Waals surface area (Å²) < 4.78 is 14.5. The predicted octanol–water partition coefficient (Wildman–Crippen LogP) is 5.13. The molecule has 19 heavy (non-hydrogen) atoms. The molecule has 0 amide bonds. The van der Waals surface area contributed by atoms with Crippen molar-refractivity contribution in [2.45, 2.75) is 27.3 Å². The van der Waals surface area contributed by atoms with Gasteiger partial charge in [-0.15, -0.1) is 0 Å². The third kappa shape index (κ3) is 3.35. The molecular weight excluding hydrogens is 305 g/mol. The van der Waals surface area contributed by atoms with Crippen LogP contribution in [0.5, 0.6) is 0 Å². The van der Waals surface area contributed by atoms with Crippen LogP contribution in [0.15, 0.2) is 34.8 Å². The fourth-order valence-electron chi connectivity index (χ4n) is 2.03. The molecule has 0 aliphatic heterocycles. The van der Waals surface area contributed by atoms with Crippen molar-refractivity contribution in [3.05, 3.63) is 62.9 Å². The van der Waals surface area contributed by atoms with Crippen molar-refractivity contribution in [1.29, 1.82) is 0 Å². The smallest absolute Gasteiger partial charge is 0.146 e. The van der Waals surface area contributed by atoms with Gasteiger partial charge in [0, 0.05) is 11.0 Å². The van der Waals surface area contributed by atoms with Crippen LogP contribution >= 0.6 is 15.9 Å². The van der Waals surface area contributed by atoms with E-state index >= 15 is 0 Å². The average molecular weight is 322 g/mol. The molecule has 2 rings (SSSR count). The zero-order chi connectivity index (χ0) is 14.0. The number of aryl methyl sites for hydroxylation is 3. The third-order valence-electron chi connectivity index (χ3n) is 3.35. The molecule has 0 atom stereocenters. The van der Waals surface area contributed by atoms with E-state index in [2.05, 4.69) is 54.2 Å². The maximum absolute atomic E-state index is 13.6. The lowest BCUT2D eigenvalue weighted by molar-refractivity contribution is 0.630. The Kier molecular flexibility index (Phi) is 4.25. The zero-order valence-corrected chi connectivity index (χ0v) is 12.9. The highest BCUT2D eigenvalue weighted by Crippen LogP contribution is 2.22. The Morgan fingerprint density at radius 1 is 1.00 bits per heavy atom. The first-order chi connectivity index (χ1) is 8.97. The van der Waals surface area contributed by atoms with Crippen molar-refractivity contribution in [2.75, 3.05) is 5.32 Å². The molecule has 0 radical (unpaired) electrons. The zero-order valence-electron chi connectivity index (χ0n) is 11.3. The van der Waals surface area contributed by atoms with E-state index < -0.39 is 0 Å². The summed E-state index contributed by atoms with van der Waals surface area (Å²) in [5, 5.41) is 3.15. The summed E-state index contributed by atoms with van der Waals surface area (Å²) in [7, 11) is 0. The Balaban J connectivity index is 2.19. The van der Waals surface area contributed by atoms with E-state index in [1.165, 1.54) is 28.3 Å². The molecule has 1 N–H and O–H groups in total. The number of nitrogens with one attached hydrogen (secondary N) is 1. The Morgan fingerprint density at radius 3 is 2.42 bits per heavy atom. The molecule has 0 spiro atoms. The van der Waals surface area contributed by atoms with E-state index in [0.29, 0.717) is 12.2 Å². The van der Waals surface area contributed by atoms with Gasteiger partial charge in [-0.2, -0.15) is 0 Å². The van der Waals surface area contributed by atoms with Crippen LogP contribution in [-0.2, 0) is 6.54 Å². The highest BCUT2D eigenvalue weighted by Gasteiger charge is 2.05. The molecule has 0 aliphatic rings. The summed E-state index contributed by atoms with van der Waals surface area (Å²) in [4.78, 5) is 0. The third-order valence-corrected chi connectivity index (χ3v) is 3.84. The molecular formula is C16H17BrFN. The molecule has 0 bridgehead atoms. The second-order valence-corrected chi connectivity index (χ2v) is 5.76. The Hall–Kier alpha value is -1.35. The van der Waals surface area contributed by atoms with Crippen LogP contribution in [-0.4, -0.2) is 0 Å². The first-order valence-electron chi connectivity index (χ1n) is 6.23. The SMILES string of the molecule is Cc1cc(C)c(CNc2cc(Br)ccc2F)cc1C. The van der Waals surface area contributed by atoms with Crippen molar-refractivity contribution in [3.8, 4) is 0 Å². The van der Waals surface area contributed by atoms with Gasteiger partial charge in [0.15, 0.2) is 0 Å². The average Bonchev–Trinajstić information content (AvgIpc) is 2.36. The molecule has 0 aliphatic carbocycles. The van der Waals surface area contributed by atoms with Gasteiger partial charge in [-0.25, -0.2) is 4.39 Å². The van der Waals surface area contributed by atoms with Crippen LogP contribution < -0.4 is 5.32 Å². The van der Waals surface area contributed by atoms with Gasteiger partial charge in [-0.05, 0) is 61.2 Å². The van der Waals surface area contributed by atoms with Gasteiger partial charge in [0.25, 0.3) is 0 Å². The molecule has 0 saturated carbocycles. The van der Waals surface area contributed by atoms with E-state index in [0.717, 1.165) is 4.47 Å². The summed E-state index contributed by atoms with van der Waals surface area (Å²) in [6, 6.07) is 9.24. The van der Waals surface area contributed by atoms with Crippen molar-refractivity contribution < 1.29 is 4.39 Å². The number of hydrogen-bond donors (Lipinski definition) is 1. The Morgan fingerprint density at radius 2 is 1.68 bits per heavy atom. The van der Waals surface area contributed by atoms with Crippen molar-refractivity contribution in [2.24, 2.45) is 0 Å². The number of halogens is 2. The summed E-state index contributed by atoms with van der Waals surface area (Å²) in [6.07, 6.45) is 0. The second kappa shape index (κ2) is 5.74. The van der Waals surface area contributed by atoms with Gasteiger partial charge in [0.2, 0.25) is 0 Å². The lowest BCUT2D eigenvalue weighted by Gasteiger charge is -2.12. The first kappa shape index (κ1) is 14.1. The minimum atomic E-state index is -0.232. The summed E-state index contributed by atoms with van der Waals surface area (Å²) in [5.74, 6) is -0.232. The molecule has 0 fully saturated rings. The Labute approximate surface area is 122 Å². The highest BCUT2D eigenvalue weighted by molar-refractivity contribution is 9.10. The maximum Gasteiger partial charge on any atom is 0.146 e. The van der Waals surface area contributed by atoms with E-state index in [1.54, 1.807) is 12.1 Å². The molecule has 0 aromatic heterocycles. The van der Waals surface area contributed by atoms with Gasteiger partial charge < -0.3 is 5.32 Å². The molecule has 2 aromatic rings. The van der Waals surface area contributed by atoms with E-state index in [1.807, 2.05) is 0 Å². The number of rotatable bonds is 3. The van der Waals surface area contributed by atoms with Crippen LogP contribution in [0.4, 0.5) is 10.1 Å². The van der Waals surface area contributed by atoms with E-state index in [-0.39, 0.29) is 5.82 Å². The van der Waals surface area contributed by atoms with Gasteiger partial charge in [-0.3, -0.25) is 0 Å². The van der Waals surface area contributed by atoms with Gasteiger partial charge >= 0.3 is 0 Å². The largest absolute Gasteiger partial charge is 0.379 e. The van der Waals surface area contributed by atoms with Crippen LogP contribution in [0.25, 0.3) is 0 Å². The molecule has 100 valence electrons. The highest BCUT2D eigenvalue weighted by atomic mass is 79.9. The van der Waals surface area contributed by atoms with Crippen molar-refractivity contribution >= 4 is 21.6 Å². The van der Waals surface area contributed by atoms with Gasteiger partial charge in [0.05, 0.1) is 5.69 Å². The molecule has 2 aromatic carbocycles. The fraction of sp³-hybridized carbons (Fsp3) is 0.250. The normalized spacial score (nSPS) is 10.6. The predicted molar refractivity (Wildman–Crippen MR) is 82.1 cm³/mol. The minimum absolute atomic E-state index is 0.232. The van der Waals surface area contributed by atoms with Gasteiger partial charge in [0.1, 0.15) is 5.82 Å². The lowest BCUT2D eigenvalue weighted by Crippen LogP contribution is -2.04. The Bertz CT molecular complexity index is 608. The van der Waals surface area contributed by atoms with Crippen LogP contribution in [0, 0.1) is 26.6 Å². The quantitative estimate of drug-likeness (QED) is 0.826. The van der Waals surface area contributed by atoms with Crippen molar-refractivity contribution in [3.63, 3.8) is 0 Å². The lowest BCUT2D eigenvalue weighted by atomic mass is 10.0. The van der Waals surface area contributed by atoms with Crippen LogP contribution in [0.1, 0.15) is 22.3 Å². The monoisotopic (exact) mass is 321 g/mol. The van der Waals surface area contributed by atoms with Gasteiger partial charge in [-0.1, -0.05) is 28.1 Å². The topological polar surface area (TPSA) is 12.0 Å². The van der Waals surface area contributed by atoms with E-state index in [4.69, 9.17) is 0 Å². The standard InChI is InChI=1S/C16H17BrFN/c1-10-6-12(3)13(7-11(10)2)9-19-16-8-14(17)4-5-15(16)18/h4-8,19H,9H2,1-3H3. The molecule has 0 unspecified atom stereocenters. The fourth-order valence-corrected chi connectivity index (χ4v) is 2.40. The van der Waals surface area contributed by atoms with E-state index in [9.17, 15) is 4.39 Å². The second-order valence-electron chi connectivity index (χ2n) is 4.84. The summed E-state index contributed by atoms with van der Waals surface area (Å²) in [5.41, 5.74) is 5.49. The molecule has 1 nitrogen and oxygen atoms in total. The summed E-state index contributed by atoms with van der Waals surface area (Å²) >= 11 is 3.35. The van der Waals surface area contributed by atoms with Crippen molar-refractivity contribution in [1.82, 2.24) is 0 Å². The molecule has 0 saturated heterocycles. The maximum atomic E-state index is 13.6.